The number of carbonyl (C=O) groups excluding carboxylic acids is 2. The predicted octanol–water partition coefficient (Wildman–Crippen LogP) is 0.0902. The SMILES string of the molecule is CN(C)C(=O)Nc1cccc(C(=O)NCC2CNCC2O)c1. The van der Waals surface area contributed by atoms with Gasteiger partial charge in [-0.2, -0.15) is 0 Å². The summed E-state index contributed by atoms with van der Waals surface area (Å²) in [7, 11) is 3.29. The van der Waals surface area contributed by atoms with E-state index in [1.807, 2.05) is 0 Å². The Kier molecular flexibility index (Phi) is 5.35. The first-order valence-corrected chi connectivity index (χ1v) is 7.22. The van der Waals surface area contributed by atoms with Crippen LogP contribution in [-0.4, -0.2) is 61.8 Å². The van der Waals surface area contributed by atoms with Crippen molar-refractivity contribution < 1.29 is 14.7 Å². The minimum atomic E-state index is -0.425. The zero-order chi connectivity index (χ0) is 16.1. The summed E-state index contributed by atoms with van der Waals surface area (Å²) < 4.78 is 0. The summed E-state index contributed by atoms with van der Waals surface area (Å²) in [5.41, 5.74) is 1.03. The third-order valence-corrected chi connectivity index (χ3v) is 3.61. The average Bonchev–Trinajstić information content (AvgIpc) is 2.90. The predicted molar refractivity (Wildman–Crippen MR) is 83.8 cm³/mol. The van der Waals surface area contributed by atoms with Gasteiger partial charge in [-0.1, -0.05) is 6.07 Å². The highest BCUT2D eigenvalue weighted by molar-refractivity contribution is 5.96. The Morgan fingerprint density at radius 1 is 1.36 bits per heavy atom. The molecule has 3 amide bonds. The number of hydrogen-bond donors (Lipinski definition) is 4. The van der Waals surface area contributed by atoms with Crippen LogP contribution in [0.1, 0.15) is 10.4 Å². The van der Waals surface area contributed by atoms with Gasteiger partial charge in [0.05, 0.1) is 6.10 Å². The summed E-state index contributed by atoms with van der Waals surface area (Å²) in [5, 5.41) is 18.3. The highest BCUT2D eigenvalue weighted by Gasteiger charge is 2.25. The van der Waals surface area contributed by atoms with Crippen molar-refractivity contribution in [1.29, 1.82) is 0 Å². The van der Waals surface area contributed by atoms with Crippen LogP contribution in [0, 0.1) is 5.92 Å². The van der Waals surface area contributed by atoms with E-state index in [-0.39, 0.29) is 17.9 Å². The Balaban J connectivity index is 1.93. The molecule has 7 heteroatoms. The molecular formula is C15H22N4O3. The van der Waals surface area contributed by atoms with Gasteiger partial charge in [-0.15, -0.1) is 0 Å². The molecule has 0 aliphatic carbocycles. The van der Waals surface area contributed by atoms with Gasteiger partial charge >= 0.3 is 6.03 Å². The van der Waals surface area contributed by atoms with Gasteiger partial charge < -0.3 is 26.0 Å². The molecule has 120 valence electrons. The summed E-state index contributed by atoms with van der Waals surface area (Å²) in [6.07, 6.45) is -0.425. The molecular weight excluding hydrogens is 284 g/mol. The highest BCUT2D eigenvalue weighted by atomic mass is 16.3. The van der Waals surface area contributed by atoms with Gasteiger partial charge in [-0.25, -0.2) is 4.79 Å². The van der Waals surface area contributed by atoms with Crippen molar-refractivity contribution >= 4 is 17.6 Å². The third-order valence-electron chi connectivity index (χ3n) is 3.61. The molecule has 0 saturated carbocycles. The number of benzene rings is 1. The Hall–Kier alpha value is -2.12. The number of aliphatic hydroxyl groups is 1. The molecule has 0 radical (unpaired) electrons. The number of carbonyl (C=O) groups is 2. The molecule has 1 fully saturated rings. The molecule has 2 rings (SSSR count). The van der Waals surface area contributed by atoms with Crippen LogP contribution in [0.15, 0.2) is 24.3 Å². The molecule has 2 atom stereocenters. The first-order chi connectivity index (χ1) is 10.5. The molecule has 22 heavy (non-hydrogen) atoms. The Bertz CT molecular complexity index is 547. The smallest absolute Gasteiger partial charge is 0.321 e. The van der Waals surface area contributed by atoms with E-state index in [9.17, 15) is 14.7 Å². The van der Waals surface area contributed by atoms with E-state index >= 15 is 0 Å². The first-order valence-electron chi connectivity index (χ1n) is 7.22. The molecule has 0 aromatic heterocycles. The number of amides is 3. The second-order valence-electron chi connectivity index (χ2n) is 5.60. The lowest BCUT2D eigenvalue weighted by molar-refractivity contribution is 0.0927. The fourth-order valence-electron chi connectivity index (χ4n) is 2.23. The van der Waals surface area contributed by atoms with Crippen molar-refractivity contribution in [3.8, 4) is 0 Å². The maximum Gasteiger partial charge on any atom is 0.321 e. The van der Waals surface area contributed by atoms with Crippen LogP contribution in [0.25, 0.3) is 0 Å². The van der Waals surface area contributed by atoms with Crippen molar-refractivity contribution in [2.45, 2.75) is 6.10 Å². The molecule has 0 spiro atoms. The number of nitrogens with one attached hydrogen (secondary N) is 3. The molecule has 1 aliphatic rings. The van der Waals surface area contributed by atoms with Crippen LogP contribution in [0.4, 0.5) is 10.5 Å². The minimum Gasteiger partial charge on any atom is -0.391 e. The lowest BCUT2D eigenvalue weighted by Gasteiger charge is -2.15. The lowest BCUT2D eigenvalue weighted by Crippen LogP contribution is -2.34. The van der Waals surface area contributed by atoms with Crippen LogP contribution in [0.2, 0.25) is 0 Å². The van der Waals surface area contributed by atoms with Gasteiger partial charge in [0.1, 0.15) is 0 Å². The number of anilines is 1. The standard InChI is InChI=1S/C15H22N4O3/c1-19(2)15(22)18-12-5-3-4-10(6-12)14(21)17-8-11-7-16-9-13(11)20/h3-6,11,13,16,20H,7-9H2,1-2H3,(H,17,21)(H,18,22). The summed E-state index contributed by atoms with van der Waals surface area (Å²) >= 11 is 0. The highest BCUT2D eigenvalue weighted by Crippen LogP contribution is 2.12. The molecule has 1 aromatic carbocycles. The van der Waals surface area contributed by atoms with Crippen LogP contribution in [0.5, 0.6) is 0 Å². The van der Waals surface area contributed by atoms with Crippen molar-refractivity contribution in [1.82, 2.24) is 15.5 Å². The molecule has 0 bridgehead atoms. The van der Waals surface area contributed by atoms with Crippen LogP contribution in [-0.2, 0) is 0 Å². The van der Waals surface area contributed by atoms with Crippen molar-refractivity contribution in [2.75, 3.05) is 39.0 Å². The van der Waals surface area contributed by atoms with Gasteiger partial charge in [0.25, 0.3) is 5.91 Å². The zero-order valence-corrected chi connectivity index (χ0v) is 12.8. The maximum atomic E-state index is 12.1. The van der Waals surface area contributed by atoms with Gasteiger partial charge in [-0.05, 0) is 18.2 Å². The van der Waals surface area contributed by atoms with Crippen LogP contribution >= 0.6 is 0 Å². The molecule has 4 N–H and O–H groups in total. The van der Waals surface area contributed by atoms with Crippen molar-refractivity contribution in [3.63, 3.8) is 0 Å². The summed E-state index contributed by atoms with van der Waals surface area (Å²) in [6.45, 7) is 1.67. The fourth-order valence-corrected chi connectivity index (χ4v) is 2.23. The van der Waals surface area contributed by atoms with E-state index in [1.165, 1.54) is 4.90 Å². The van der Waals surface area contributed by atoms with Gasteiger partial charge in [0, 0.05) is 50.9 Å². The third kappa shape index (κ3) is 4.19. The number of urea groups is 1. The second kappa shape index (κ2) is 7.24. The van der Waals surface area contributed by atoms with E-state index in [0.717, 1.165) is 0 Å². The molecule has 1 aromatic rings. The lowest BCUT2D eigenvalue weighted by atomic mass is 10.1. The summed E-state index contributed by atoms with van der Waals surface area (Å²) in [5.74, 6) is -0.194. The van der Waals surface area contributed by atoms with E-state index < -0.39 is 6.10 Å². The van der Waals surface area contributed by atoms with E-state index in [1.54, 1.807) is 38.4 Å². The number of β-amino-alcohol motifs (C(OH)–C–C–N with tert-alkyl or cyclic N) is 1. The monoisotopic (exact) mass is 306 g/mol. The average molecular weight is 306 g/mol. The topological polar surface area (TPSA) is 93.7 Å². The second-order valence-corrected chi connectivity index (χ2v) is 5.60. The normalized spacial score (nSPS) is 20.5. The van der Waals surface area contributed by atoms with Crippen molar-refractivity contribution in [2.24, 2.45) is 5.92 Å². The minimum absolute atomic E-state index is 0.0283. The maximum absolute atomic E-state index is 12.1. The van der Waals surface area contributed by atoms with E-state index in [4.69, 9.17) is 0 Å². The zero-order valence-electron chi connectivity index (χ0n) is 12.8. The molecule has 1 aliphatic heterocycles. The quantitative estimate of drug-likeness (QED) is 0.634. The van der Waals surface area contributed by atoms with Gasteiger partial charge in [0.15, 0.2) is 0 Å². The first kappa shape index (κ1) is 16.3. The number of rotatable bonds is 4. The molecule has 1 heterocycles. The molecule has 2 unspecified atom stereocenters. The molecule has 7 nitrogen and oxygen atoms in total. The summed E-state index contributed by atoms with van der Waals surface area (Å²) in [4.78, 5) is 25.2. The van der Waals surface area contributed by atoms with Gasteiger partial charge in [-0.3, -0.25) is 4.79 Å². The fraction of sp³-hybridized carbons (Fsp3) is 0.467. The number of hydrogen-bond acceptors (Lipinski definition) is 4. The Labute approximate surface area is 129 Å². The summed E-state index contributed by atoms with van der Waals surface area (Å²) in [6, 6.07) is 6.50. The number of nitrogens with zero attached hydrogens (tertiary/aromatic N) is 1. The van der Waals surface area contributed by atoms with E-state index in [2.05, 4.69) is 16.0 Å². The van der Waals surface area contributed by atoms with Crippen LogP contribution < -0.4 is 16.0 Å². The van der Waals surface area contributed by atoms with E-state index in [0.29, 0.717) is 30.9 Å². The number of aliphatic hydroxyl groups excluding tert-OH is 1. The molecule has 1 saturated heterocycles. The largest absolute Gasteiger partial charge is 0.391 e. The van der Waals surface area contributed by atoms with Crippen molar-refractivity contribution in [3.05, 3.63) is 29.8 Å². The van der Waals surface area contributed by atoms with Crippen LogP contribution in [0.3, 0.4) is 0 Å². The Morgan fingerprint density at radius 2 is 2.14 bits per heavy atom. The van der Waals surface area contributed by atoms with Gasteiger partial charge in [0.2, 0.25) is 0 Å². The Morgan fingerprint density at radius 3 is 2.77 bits per heavy atom.